The molecule has 0 aromatic carbocycles. The van der Waals surface area contributed by atoms with Gasteiger partial charge in [0.05, 0.1) is 54.7 Å². The molecule has 0 bridgehead atoms. The second-order valence-electron chi connectivity index (χ2n) is 8.06. The van der Waals surface area contributed by atoms with Crippen LogP contribution >= 0.6 is 0 Å². The average Bonchev–Trinajstić information content (AvgIpc) is 3.04. The van der Waals surface area contributed by atoms with Crippen molar-refractivity contribution in [3.05, 3.63) is 11.9 Å². The van der Waals surface area contributed by atoms with Gasteiger partial charge in [0.15, 0.2) is 0 Å². The van der Waals surface area contributed by atoms with E-state index >= 15 is 0 Å². The lowest BCUT2D eigenvalue weighted by molar-refractivity contribution is -0.117. The van der Waals surface area contributed by atoms with E-state index in [4.69, 9.17) is 4.74 Å². The van der Waals surface area contributed by atoms with E-state index in [0.29, 0.717) is 18.8 Å². The minimum atomic E-state index is -0.573. The number of nitrogens with zero attached hydrogens (tertiary/aromatic N) is 5. The normalized spacial score (nSPS) is 25.8. The summed E-state index contributed by atoms with van der Waals surface area (Å²) in [4.78, 5) is 28.3. The van der Waals surface area contributed by atoms with Crippen LogP contribution in [0.4, 0.5) is 10.5 Å². The SMILES string of the molecule is C[C@H]1Cn2ncc(N3C(=O)C[C@H](C#N)[C@@H]3C)c2CN1C(=O)OC(C)(C)C. The second kappa shape index (κ2) is 6.31. The van der Waals surface area contributed by atoms with Crippen molar-refractivity contribution in [2.24, 2.45) is 5.92 Å². The highest BCUT2D eigenvalue weighted by atomic mass is 16.6. The van der Waals surface area contributed by atoms with Crippen molar-refractivity contribution in [1.82, 2.24) is 14.7 Å². The van der Waals surface area contributed by atoms with Crippen LogP contribution in [0.2, 0.25) is 0 Å². The zero-order valence-corrected chi connectivity index (χ0v) is 15.9. The van der Waals surface area contributed by atoms with E-state index in [1.807, 2.05) is 39.3 Å². The number of rotatable bonds is 1. The van der Waals surface area contributed by atoms with E-state index in [1.54, 1.807) is 16.0 Å². The molecule has 0 N–H and O–H groups in total. The van der Waals surface area contributed by atoms with Crippen molar-refractivity contribution in [1.29, 1.82) is 5.26 Å². The molecular weight excluding hydrogens is 334 g/mol. The number of carbonyl (C=O) groups excluding carboxylic acids is 2. The molecule has 0 aliphatic carbocycles. The zero-order chi connectivity index (χ0) is 19.2. The van der Waals surface area contributed by atoms with Crippen LogP contribution in [0.5, 0.6) is 0 Å². The molecule has 0 spiro atoms. The molecule has 2 amide bonds. The molecule has 3 rings (SSSR count). The Morgan fingerprint density at radius 2 is 2.08 bits per heavy atom. The van der Waals surface area contributed by atoms with Crippen molar-refractivity contribution < 1.29 is 14.3 Å². The van der Waals surface area contributed by atoms with Gasteiger partial charge in [0.1, 0.15) is 5.60 Å². The summed E-state index contributed by atoms with van der Waals surface area (Å²) in [6.45, 7) is 10.2. The number of hydrogen-bond acceptors (Lipinski definition) is 5. The van der Waals surface area contributed by atoms with Gasteiger partial charge in [-0.1, -0.05) is 0 Å². The highest BCUT2D eigenvalue weighted by molar-refractivity contribution is 5.97. The topological polar surface area (TPSA) is 91.5 Å². The molecule has 8 heteroatoms. The van der Waals surface area contributed by atoms with Gasteiger partial charge in [-0.2, -0.15) is 10.4 Å². The van der Waals surface area contributed by atoms with E-state index in [1.165, 1.54) is 0 Å². The Morgan fingerprint density at radius 3 is 2.65 bits per heavy atom. The number of ether oxygens (including phenoxy) is 1. The van der Waals surface area contributed by atoms with Crippen molar-refractivity contribution >= 4 is 17.7 Å². The standard InChI is InChI=1S/C18H25N5O3/c1-11-9-22-15(10-21(11)17(25)26-18(3,4)5)14(8-20-22)23-12(2)13(7-19)6-16(23)24/h8,11-13H,6,9-10H2,1-5H3/t11-,12-,13+/m0/s1. The van der Waals surface area contributed by atoms with Crippen LogP contribution in [-0.4, -0.2) is 44.4 Å². The molecule has 1 saturated heterocycles. The first-order valence-corrected chi connectivity index (χ1v) is 8.88. The first-order valence-electron chi connectivity index (χ1n) is 8.88. The van der Waals surface area contributed by atoms with Gasteiger partial charge >= 0.3 is 6.09 Å². The fourth-order valence-corrected chi connectivity index (χ4v) is 3.52. The Kier molecular flexibility index (Phi) is 4.42. The molecule has 26 heavy (non-hydrogen) atoms. The molecule has 0 radical (unpaired) electrons. The van der Waals surface area contributed by atoms with Crippen molar-refractivity contribution in [3.8, 4) is 6.07 Å². The molecule has 2 aliphatic heterocycles. The van der Waals surface area contributed by atoms with Crippen LogP contribution < -0.4 is 4.90 Å². The van der Waals surface area contributed by atoms with E-state index in [9.17, 15) is 14.9 Å². The van der Waals surface area contributed by atoms with Gasteiger partial charge < -0.3 is 9.64 Å². The number of aromatic nitrogens is 2. The molecule has 0 saturated carbocycles. The average molecular weight is 359 g/mol. The number of amides is 2. The Morgan fingerprint density at radius 1 is 1.38 bits per heavy atom. The maximum atomic E-state index is 12.6. The molecule has 140 valence electrons. The summed E-state index contributed by atoms with van der Waals surface area (Å²) in [6, 6.07) is 1.92. The Hall–Kier alpha value is -2.56. The highest BCUT2D eigenvalue weighted by Crippen LogP contribution is 2.35. The minimum Gasteiger partial charge on any atom is -0.444 e. The Labute approximate surface area is 153 Å². The monoisotopic (exact) mass is 359 g/mol. The molecule has 3 atom stereocenters. The number of fused-ring (bicyclic) bond motifs is 1. The fraction of sp³-hybridized carbons (Fsp3) is 0.667. The lowest BCUT2D eigenvalue weighted by atomic mass is 10.0. The summed E-state index contributed by atoms with van der Waals surface area (Å²) >= 11 is 0. The maximum absolute atomic E-state index is 12.6. The zero-order valence-electron chi connectivity index (χ0n) is 15.9. The molecule has 3 heterocycles. The van der Waals surface area contributed by atoms with E-state index < -0.39 is 5.60 Å². The molecule has 1 aromatic rings. The molecule has 2 aliphatic rings. The van der Waals surface area contributed by atoms with E-state index in [0.717, 1.165) is 5.69 Å². The lowest BCUT2D eigenvalue weighted by Gasteiger charge is -2.36. The van der Waals surface area contributed by atoms with Crippen molar-refractivity contribution in [3.63, 3.8) is 0 Å². The smallest absolute Gasteiger partial charge is 0.410 e. The minimum absolute atomic E-state index is 0.0661. The molecule has 8 nitrogen and oxygen atoms in total. The van der Waals surface area contributed by atoms with Crippen LogP contribution in [0.3, 0.4) is 0 Å². The predicted octanol–water partition coefficient (Wildman–Crippen LogP) is 2.29. The Balaban J connectivity index is 1.89. The third kappa shape index (κ3) is 3.14. The Bertz CT molecular complexity index is 773. The van der Waals surface area contributed by atoms with Crippen molar-refractivity contribution in [2.75, 3.05) is 4.90 Å². The highest BCUT2D eigenvalue weighted by Gasteiger charge is 2.41. The molecule has 1 aromatic heterocycles. The van der Waals surface area contributed by atoms with E-state index in [-0.39, 0.29) is 36.4 Å². The van der Waals surface area contributed by atoms with Gasteiger partial charge in [0, 0.05) is 6.42 Å². The quantitative estimate of drug-likeness (QED) is 0.767. The molecular formula is C18H25N5O3. The van der Waals surface area contributed by atoms with Gasteiger partial charge in [0.25, 0.3) is 0 Å². The van der Waals surface area contributed by atoms with Gasteiger partial charge in [-0.15, -0.1) is 0 Å². The predicted molar refractivity (Wildman–Crippen MR) is 94.1 cm³/mol. The van der Waals surface area contributed by atoms with Crippen molar-refractivity contribution in [2.45, 2.75) is 71.8 Å². The summed E-state index contributed by atoms with van der Waals surface area (Å²) < 4.78 is 7.35. The molecule has 0 unspecified atom stereocenters. The third-order valence-corrected chi connectivity index (χ3v) is 4.92. The van der Waals surface area contributed by atoms with E-state index in [2.05, 4.69) is 11.2 Å². The maximum Gasteiger partial charge on any atom is 0.410 e. The van der Waals surface area contributed by atoms with Gasteiger partial charge in [-0.25, -0.2) is 4.79 Å². The van der Waals surface area contributed by atoms with Crippen LogP contribution in [0.15, 0.2) is 6.20 Å². The summed E-state index contributed by atoms with van der Waals surface area (Å²) in [5.41, 5.74) is 0.907. The first-order chi connectivity index (χ1) is 12.1. The number of nitriles is 1. The number of anilines is 1. The second-order valence-corrected chi connectivity index (χ2v) is 8.06. The van der Waals surface area contributed by atoms with Crippen LogP contribution in [0.25, 0.3) is 0 Å². The summed E-state index contributed by atoms with van der Waals surface area (Å²) in [5, 5.41) is 13.6. The molecule has 1 fully saturated rings. The van der Waals surface area contributed by atoms with Gasteiger partial charge in [-0.05, 0) is 34.6 Å². The largest absolute Gasteiger partial charge is 0.444 e. The number of hydrogen-bond donors (Lipinski definition) is 0. The summed E-state index contributed by atoms with van der Waals surface area (Å²) in [7, 11) is 0. The van der Waals surface area contributed by atoms with Gasteiger partial charge in [-0.3, -0.25) is 14.4 Å². The van der Waals surface area contributed by atoms with Crippen LogP contribution in [0, 0.1) is 17.2 Å². The van der Waals surface area contributed by atoms with Gasteiger partial charge in [0.2, 0.25) is 5.91 Å². The summed E-state index contributed by atoms with van der Waals surface area (Å²) in [6.07, 6.45) is 1.50. The summed E-state index contributed by atoms with van der Waals surface area (Å²) in [5.74, 6) is -0.412. The third-order valence-electron chi connectivity index (χ3n) is 4.92. The number of carbonyl (C=O) groups is 2. The lowest BCUT2D eigenvalue weighted by Crippen LogP contribution is -2.47. The fourth-order valence-electron chi connectivity index (χ4n) is 3.52. The first kappa shape index (κ1) is 18.2. The van der Waals surface area contributed by atoms with Crippen LogP contribution in [-0.2, 0) is 22.6 Å². The van der Waals surface area contributed by atoms with Crippen LogP contribution in [0.1, 0.15) is 46.7 Å².